The molecule has 0 spiro atoms. The highest BCUT2D eigenvalue weighted by Gasteiger charge is 2.35. The van der Waals surface area contributed by atoms with Crippen molar-refractivity contribution in [3.8, 4) is 0 Å². The molecule has 23 heavy (non-hydrogen) atoms. The second-order valence-electron chi connectivity index (χ2n) is 7.60. The fraction of sp³-hybridized carbons (Fsp3) is 0.889. The van der Waals surface area contributed by atoms with Crippen LogP contribution in [-0.2, 0) is 9.59 Å². The lowest BCUT2D eigenvalue weighted by Gasteiger charge is -2.33. The van der Waals surface area contributed by atoms with E-state index in [0.29, 0.717) is 12.5 Å². The largest absolute Gasteiger partial charge is 0.353 e. The van der Waals surface area contributed by atoms with Gasteiger partial charge in [0, 0.05) is 37.0 Å². The second kappa shape index (κ2) is 7.65. The van der Waals surface area contributed by atoms with E-state index < -0.39 is 0 Å². The predicted molar refractivity (Wildman–Crippen MR) is 89.6 cm³/mol. The minimum absolute atomic E-state index is 0.141. The lowest BCUT2D eigenvalue weighted by Crippen LogP contribution is -2.46. The molecule has 0 aromatic rings. The Morgan fingerprint density at radius 1 is 0.913 bits per heavy atom. The maximum Gasteiger partial charge on any atom is 0.225 e. The Bertz CT molecular complexity index is 426. The van der Waals surface area contributed by atoms with E-state index in [4.69, 9.17) is 5.73 Å². The SMILES string of the molecule is NCC1CCCN1C(=O)C1CCC(NC(=O)C2CCCC2)CC1. The molecule has 5 heteroatoms. The lowest BCUT2D eigenvalue weighted by atomic mass is 9.84. The monoisotopic (exact) mass is 321 g/mol. The summed E-state index contributed by atoms with van der Waals surface area (Å²) in [6, 6.07) is 0.526. The van der Waals surface area contributed by atoms with Gasteiger partial charge in [0.2, 0.25) is 11.8 Å². The molecule has 0 aromatic carbocycles. The number of nitrogens with zero attached hydrogens (tertiary/aromatic N) is 1. The smallest absolute Gasteiger partial charge is 0.225 e. The van der Waals surface area contributed by atoms with E-state index in [0.717, 1.165) is 57.9 Å². The van der Waals surface area contributed by atoms with Crippen molar-refractivity contribution in [3.63, 3.8) is 0 Å². The van der Waals surface area contributed by atoms with Crippen molar-refractivity contribution in [2.75, 3.05) is 13.1 Å². The fourth-order valence-corrected chi connectivity index (χ4v) is 4.60. The molecular weight excluding hydrogens is 290 g/mol. The van der Waals surface area contributed by atoms with Crippen LogP contribution in [0.15, 0.2) is 0 Å². The van der Waals surface area contributed by atoms with Gasteiger partial charge < -0.3 is 16.0 Å². The molecule has 2 aliphatic carbocycles. The summed E-state index contributed by atoms with van der Waals surface area (Å²) in [5, 5.41) is 3.23. The molecule has 0 bridgehead atoms. The van der Waals surface area contributed by atoms with Gasteiger partial charge in [-0.15, -0.1) is 0 Å². The summed E-state index contributed by atoms with van der Waals surface area (Å²) >= 11 is 0. The van der Waals surface area contributed by atoms with E-state index in [1.807, 2.05) is 4.90 Å². The predicted octanol–water partition coefficient (Wildman–Crippen LogP) is 1.80. The van der Waals surface area contributed by atoms with Gasteiger partial charge in [0.25, 0.3) is 0 Å². The number of nitrogens with one attached hydrogen (secondary N) is 1. The van der Waals surface area contributed by atoms with E-state index in [-0.39, 0.29) is 29.8 Å². The number of nitrogens with two attached hydrogens (primary N) is 1. The molecule has 1 unspecified atom stereocenters. The highest BCUT2D eigenvalue weighted by Crippen LogP contribution is 2.30. The van der Waals surface area contributed by atoms with Crippen LogP contribution in [-0.4, -0.2) is 41.9 Å². The molecule has 3 N–H and O–H groups in total. The molecule has 3 aliphatic rings. The summed E-state index contributed by atoms with van der Waals surface area (Å²) in [5.74, 6) is 0.935. The quantitative estimate of drug-likeness (QED) is 0.829. The molecule has 0 radical (unpaired) electrons. The van der Waals surface area contributed by atoms with Gasteiger partial charge in [-0.1, -0.05) is 12.8 Å². The van der Waals surface area contributed by atoms with Crippen LogP contribution in [0.1, 0.15) is 64.2 Å². The van der Waals surface area contributed by atoms with Crippen molar-refractivity contribution in [3.05, 3.63) is 0 Å². The van der Waals surface area contributed by atoms with Crippen molar-refractivity contribution in [1.82, 2.24) is 10.2 Å². The van der Waals surface area contributed by atoms with Crippen molar-refractivity contribution in [2.24, 2.45) is 17.6 Å². The molecule has 1 heterocycles. The van der Waals surface area contributed by atoms with Crippen LogP contribution in [0, 0.1) is 11.8 Å². The molecule has 5 nitrogen and oxygen atoms in total. The van der Waals surface area contributed by atoms with Crippen molar-refractivity contribution < 1.29 is 9.59 Å². The second-order valence-corrected chi connectivity index (χ2v) is 7.60. The zero-order valence-electron chi connectivity index (χ0n) is 14.1. The molecular formula is C18H31N3O2. The van der Waals surface area contributed by atoms with Gasteiger partial charge in [-0.25, -0.2) is 0 Å². The Hall–Kier alpha value is -1.10. The summed E-state index contributed by atoms with van der Waals surface area (Å²) in [6.45, 7) is 1.46. The number of rotatable bonds is 4. The van der Waals surface area contributed by atoms with Crippen LogP contribution in [0.5, 0.6) is 0 Å². The molecule has 3 rings (SSSR count). The first-order chi connectivity index (χ1) is 11.2. The number of hydrogen-bond donors (Lipinski definition) is 2. The van der Waals surface area contributed by atoms with Crippen molar-refractivity contribution in [1.29, 1.82) is 0 Å². The molecule has 2 amide bonds. The molecule has 1 atom stereocenters. The van der Waals surface area contributed by atoms with Crippen molar-refractivity contribution in [2.45, 2.75) is 76.3 Å². The maximum absolute atomic E-state index is 12.7. The summed E-state index contributed by atoms with van der Waals surface area (Å²) in [5.41, 5.74) is 5.79. The summed E-state index contributed by atoms with van der Waals surface area (Å²) in [6.07, 6.45) is 10.3. The van der Waals surface area contributed by atoms with Crippen LogP contribution < -0.4 is 11.1 Å². The summed E-state index contributed by atoms with van der Waals surface area (Å²) in [4.78, 5) is 26.9. The minimum Gasteiger partial charge on any atom is -0.353 e. The average Bonchev–Trinajstić information content (AvgIpc) is 3.26. The van der Waals surface area contributed by atoms with E-state index >= 15 is 0 Å². The van der Waals surface area contributed by atoms with Gasteiger partial charge in [0.05, 0.1) is 0 Å². The third-order valence-electron chi connectivity index (χ3n) is 6.08. The van der Waals surface area contributed by atoms with Crippen LogP contribution in [0.3, 0.4) is 0 Å². The van der Waals surface area contributed by atoms with E-state index in [2.05, 4.69) is 5.32 Å². The first-order valence-electron chi connectivity index (χ1n) is 9.50. The number of likely N-dealkylation sites (tertiary alicyclic amines) is 1. The van der Waals surface area contributed by atoms with Crippen LogP contribution >= 0.6 is 0 Å². The van der Waals surface area contributed by atoms with Crippen LogP contribution in [0.4, 0.5) is 0 Å². The third kappa shape index (κ3) is 3.87. The fourth-order valence-electron chi connectivity index (χ4n) is 4.60. The van der Waals surface area contributed by atoms with E-state index in [1.54, 1.807) is 0 Å². The molecule has 1 saturated heterocycles. The maximum atomic E-state index is 12.7. The Balaban J connectivity index is 1.44. The van der Waals surface area contributed by atoms with Crippen LogP contribution in [0.25, 0.3) is 0 Å². The van der Waals surface area contributed by atoms with Crippen molar-refractivity contribution >= 4 is 11.8 Å². The Morgan fingerprint density at radius 2 is 1.61 bits per heavy atom. The summed E-state index contributed by atoms with van der Waals surface area (Å²) < 4.78 is 0. The van der Waals surface area contributed by atoms with Gasteiger partial charge in [0.1, 0.15) is 0 Å². The van der Waals surface area contributed by atoms with E-state index in [1.165, 1.54) is 12.8 Å². The molecule has 0 aromatic heterocycles. The third-order valence-corrected chi connectivity index (χ3v) is 6.08. The van der Waals surface area contributed by atoms with Gasteiger partial charge in [-0.3, -0.25) is 9.59 Å². The van der Waals surface area contributed by atoms with Gasteiger partial charge in [0.15, 0.2) is 0 Å². The van der Waals surface area contributed by atoms with Gasteiger partial charge >= 0.3 is 0 Å². The Kier molecular flexibility index (Phi) is 5.57. The summed E-state index contributed by atoms with van der Waals surface area (Å²) in [7, 11) is 0. The minimum atomic E-state index is 0.141. The molecule has 130 valence electrons. The van der Waals surface area contributed by atoms with Gasteiger partial charge in [-0.05, 0) is 51.4 Å². The van der Waals surface area contributed by atoms with Gasteiger partial charge in [-0.2, -0.15) is 0 Å². The number of amides is 2. The Morgan fingerprint density at radius 3 is 2.26 bits per heavy atom. The standard InChI is InChI=1S/C18H31N3O2/c19-12-16-6-3-11-21(16)18(23)14-7-9-15(10-8-14)20-17(22)13-4-1-2-5-13/h13-16H,1-12,19H2,(H,20,22). The first-order valence-corrected chi connectivity index (χ1v) is 9.50. The normalized spacial score (nSPS) is 32.2. The number of hydrogen-bond acceptors (Lipinski definition) is 3. The number of carbonyl (C=O) groups is 2. The molecule has 3 fully saturated rings. The zero-order valence-corrected chi connectivity index (χ0v) is 14.1. The van der Waals surface area contributed by atoms with E-state index in [9.17, 15) is 9.59 Å². The molecule has 2 saturated carbocycles. The highest BCUT2D eigenvalue weighted by atomic mass is 16.2. The molecule has 1 aliphatic heterocycles. The van der Waals surface area contributed by atoms with Crippen LogP contribution in [0.2, 0.25) is 0 Å². The zero-order chi connectivity index (χ0) is 16.2. The first kappa shape index (κ1) is 16.7. The highest BCUT2D eigenvalue weighted by molar-refractivity contribution is 5.80. The Labute approximate surface area is 139 Å². The number of carbonyl (C=O) groups excluding carboxylic acids is 2. The lowest BCUT2D eigenvalue weighted by molar-refractivity contribution is -0.137. The average molecular weight is 321 g/mol. The topological polar surface area (TPSA) is 75.4 Å².